The fraction of sp³-hybridized carbons (Fsp3) is 0.361. The quantitative estimate of drug-likeness (QED) is 0.206. The first-order chi connectivity index (χ1) is 21.9. The number of pyridine rings is 1. The van der Waals surface area contributed by atoms with E-state index in [1.807, 2.05) is 43.0 Å². The molecule has 0 bridgehead atoms. The predicted molar refractivity (Wildman–Crippen MR) is 182 cm³/mol. The van der Waals surface area contributed by atoms with Crippen LogP contribution in [0.5, 0.6) is 0 Å². The van der Waals surface area contributed by atoms with Crippen LogP contribution in [0.25, 0.3) is 6.08 Å². The molecule has 1 aromatic heterocycles. The summed E-state index contributed by atoms with van der Waals surface area (Å²) in [6.07, 6.45) is 9.10. The second-order valence-corrected chi connectivity index (χ2v) is 10.7. The Morgan fingerprint density at radius 1 is 0.933 bits per heavy atom. The number of amides is 3. The largest absolute Gasteiger partial charge is 0.387 e. The number of aromatic nitrogens is 1. The molecule has 3 amide bonds. The molecule has 0 fully saturated rings. The van der Waals surface area contributed by atoms with Gasteiger partial charge in [0.2, 0.25) is 11.8 Å². The molecule has 9 heteroatoms. The maximum absolute atomic E-state index is 13.2. The highest BCUT2D eigenvalue weighted by molar-refractivity contribution is 6.07. The monoisotopic (exact) mass is 610 g/mol. The topological polar surface area (TPSA) is 130 Å². The number of nitrogens with one attached hydrogen (secondary N) is 2. The highest BCUT2D eigenvalue weighted by Crippen LogP contribution is 2.29. The number of rotatable bonds is 13. The van der Waals surface area contributed by atoms with Crippen LogP contribution < -0.4 is 16.4 Å². The molecule has 4 N–H and O–H groups in total. The molecule has 2 aromatic carbocycles. The van der Waals surface area contributed by atoms with Crippen LogP contribution in [0.4, 0.5) is 11.4 Å². The van der Waals surface area contributed by atoms with Gasteiger partial charge >= 0.3 is 0 Å². The van der Waals surface area contributed by atoms with Crippen molar-refractivity contribution in [2.45, 2.75) is 72.8 Å². The Labute approximate surface area is 267 Å². The maximum atomic E-state index is 13.2. The molecular weight excluding hydrogens is 564 g/mol. The summed E-state index contributed by atoms with van der Waals surface area (Å²) in [5.74, 6) is -0.0743. The zero-order chi connectivity index (χ0) is 32.6. The smallest absolute Gasteiger partial charge is 0.255 e. The van der Waals surface area contributed by atoms with Crippen molar-refractivity contribution in [1.82, 2.24) is 15.2 Å². The van der Waals surface area contributed by atoms with Gasteiger partial charge in [0.25, 0.3) is 5.91 Å². The van der Waals surface area contributed by atoms with Gasteiger partial charge in [-0.05, 0) is 61.1 Å². The zero-order valence-corrected chi connectivity index (χ0v) is 26.9. The Morgan fingerprint density at radius 3 is 2.38 bits per heavy atom. The lowest BCUT2D eigenvalue weighted by Crippen LogP contribution is -2.34. The number of anilines is 1. The number of amidine groups is 1. The Morgan fingerprint density at radius 2 is 1.67 bits per heavy atom. The third-order valence-electron chi connectivity index (χ3n) is 7.06. The van der Waals surface area contributed by atoms with Crippen LogP contribution in [-0.4, -0.2) is 46.5 Å². The second-order valence-electron chi connectivity index (χ2n) is 10.7. The van der Waals surface area contributed by atoms with E-state index in [1.54, 1.807) is 36.7 Å². The summed E-state index contributed by atoms with van der Waals surface area (Å²) < 4.78 is 0. The van der Waals surface area contributed by atoms with E-state index in [1.165, 1.54) is 5.56 Å². The molecule has 0 atom stereocenters. The minimum absolute atomic E-state index is 0.0301. The lowest BCUT2D eigenvalue weighted by atomic mass is 10.0. The average molecular weight is 611 g/mol. The van der Waals surface area contributed by atoms with E-state index >= 15 is 0 Å². The van der Waals surface area contributed by atoms with E-state index in [4.69, 9.17) is 5.73 Å². The van der Waals surface area contributed by atoms with E-state index in [9.17, 15) is 14.4 Å². The van der Waals surface area contributed by atoms with Crippen LogP contribution in [0.1, 0.15) is 86.8 Å². The zero-order valence-electron chi connectivity index (χ0n) is 26.9. The highest BCUT2D eigenvalue weighted by Gasteiger charge is 2.21. The molecule has 1 aliphatic rings. The molecule has 0 aliphatic carbocycles. The Bertz CT molecular complexity index is 1490. The van der Waals surface area contributed by atoms with Crippen LogP contribution in [0, 0.1) is 0 Å². The standard InChI is InChI=1S/C34H40N6O3.C2H6/c1-3-15-40(16-4-2)34(43)28-18-26-13-14-27(19-30(26)39-31(35)20-28)33(42)38-29-17-25(21-36-23-29)22-37-32(41)12-8-11-24-9-6-5-7-10-24;1-2/h5-7,9-10,13-14,17-19,21,23H,3-4,8,11-12,15-16,20,22H2,1-2H3,(H2,35,39)(H,37,41)(H,38,42);1-2H3. The number of hydrogen-bond acceptors (Lipinski definition) is 6. The van der Waals surface area contributed by atoms with Crippen molar-refractivity contribution in [3.05, 3.63) is 94.8 Å². The number of carbonyl (C=O) groups excluding carboxylic acids is 3. The van der Waals surface area contributed by atoms with Gasteiger partial charge in [-0.3, -0.25) is 19.4 Å². The summed E-state index contributed by atoms with van der Waals surface area (Å²) in [5.41, 5.74) is 10.9. The maximum Gasteiger partial charge on any atom is 0.255 e. The number of benzene rings is 2. The van der Waals surface area contributed by atoms with Crippen molar-refractivity contribution < 1.29 is 14.4 Å². The lowest BCUT2D eigenvalue weighted by molar-refractivity contribution is -0.127. The van der Waals surface area contributed by atoms with Crippen molar-refractivity contribution in [2.75, 3.05) is 18.4 Å². The van der Waals surface area contributed by atoms with Gasteiger partial charge in [-0.25, -0.2) is 4.99 Å². The van der Waals surface area contributed by atoms with Gasteiger partial charge in [-0.15, -0.1) is 0 Å². The first-order valence-electron chi connectivity index (χ1n) is 15.9. The third-order valence-corrected chi connectivity index (χ3v) is 7.06. The number of aliphatic imine (C=N–C) groups is 1. The molecule has 4 rings (SSSR count). The van der Waals surface area contributed by atoms with E-state index in [0.29, 0.717) is 54.4 Å². The van der Waals surface area contributed by atoms with Crippen LogP contribution in [0.2, 0.25) is 0 Å². The number of carbonyl (C=O) groups is 3. The lowest BCUT2D eigenvalue weighted by Gasteiger charge is -2.22. The van der Waals surface area contributed by atoms with E-state index in [2.05, 4.69) is 46.6 Å². The number of fused-ring (bicyclic) bond motifs is 1. The third kappa shape index (κ3) is 10.7. The molecule has 45 heavy (non-hydrogen) atoms. The molecule has 0 spiro atoms. The summed E-state index contributed by atoms with van der Waals surface area (Å²) >= 11 is 0. The van der Waals surface area contributed by atoms with Gasteiger partial charge in [0.1, 0.15) is 5.84 Å². The highest BCUT2D eigenvalue weighted by atomic mass is 16.2. The van der Waals surface area contributed by atoms with Crippen molar-refractivity contribution in [3.63, 3.8) is 0 Å². The molecule has 238 valence electrons. The fourth-order valence-electron chi connectivity index (χ4n) is 4.97. The molecular formula is C36H46N6O3. The van der Waals surface area contributed by atoms with Crippen LogP contribution in [0.3, 0.4) is 0 Å². The van der Waals surface area contributed by atoms with Crippen LogP contribution >= 0.6 is 0 Å². The summed E-state index contributed by atoms with van der Waals surface area (Å²) in [4.78, 5) is 49.3. The molecule has 0 saturated carbocycles. The molecule has 0 radical (unpaired) electrons. The first-order valence-corrected chi connectivity index (χ1v) is 15.9. The van der Waals surface area contributed by atoms with E-state index < -0.39 is 0 Å². The van der Waals surface area contributed by atoms with Crippen molar-refractivity contribution in [2.24, 2.45) is 10.7 Å². The summed E-state index contributed by atoms with van der Waals surface area (Å²) in [6, 6.07) is 17.0. The van der Waals surface area contributed by atoms with Crippen molar-refractivity contribution >= 4 is 41.0 Å². The van der Waals surface area contributed by atoms with Gasteiger partial charge in [0.15, 0.2) is 0 Å². The van der Waals surface area contributed by atoms with Gasteiger partial charge in [0.05, 0.1) is 17.6 Å². The van der Waals surface area contributed by atoms with Gasteiger partial charge in [-0.1, -0.05) is 64.1 Å². The van der Waals surface area contributed by atoms with Crippen molar-refractivity contribution in [3.8, 4) is 0 Å². The van der Waals surface area contributed by atoms with Gasteiger partial charge in [-0.2, -0.15) is 0 Å². The Kier molecular flexibility index (Phi) is 14.0. The first kappa shape index (κ1) is 34.7. The molecule has 3 aromatic rings. The molecule has 0 saturated heterocycles. The van der Waals surface area contributed by atoms with E-state index in [-0.39, 0.29) is 24.1 Å². The molecule has 9 nitrogen and oxygen atoms in total. The number of hydrogen-bond donors (Lipinski definition) is 3. The van der Waals surface area contributed by atoms with Crippen LogP contribution in [-0.2, 0) is 22.6 Å². The fourth-order valence-corrected chi connectivity index (χ4v) is 4.97. The number of nitrogens with two attached hydrogens (primary N) is 1. The van der Waals surface area contributed by atoms with Crippen LogP contribution in [0.15, 0.2) is 77.6 Å². The normalized spacial score (nSPS) is 11.9. The minimum Gasteiger partial charge on any atom is -0.387 e. The van der Waals surface area contributed by atoms with E-state index in [0.717, 1.165) is 36.8 Å². The summed E-state index contributed by atoms with van der Waals surface area (Å²) in [7, 11) is 0. The average Bonchev–Trinajstić information content (AvgIpc) is 3.22. The van der Waals surface area contributed by atoms with Gasteiger partial charge in [0, 0.05) is 55.4 Å². The van der Waals surface area contributed by atoms with Gasteiger partial charge < -0.3 is 21.3 Å². The molecule has 2 heterocycles. The molecule has 0 unspecified atom stereocenters. The SMILES string of the molecule is CC.CCCN(CCC)C(=O)C1=Cc2ccc(C(=O)Nc3cncc(CNC(=O)CCCc4ccccc4)c3)cc2N=C(N)C1. The van der Waals surface area contributed by atoms with Crippen molar-refractivity contribution in [1.29, 1.82) is 0 Å². The Balaban J connectivity index is 0.00000271. The molecule has 1 aliphatic heterocycles. The minimum atomic E-state index is -0.331. The predicted octanol–water partition coefficient (Wildman–Crippen LogP) is 6.42. The number of aryl methyl sites for hydroxylation is 1. The second kappa shape index (κ2) is 18.1. The Hall–Kier alpha value is -4.79. The number of nitrogens with zero attached hydrogens (tertiary/aromatic N) is 3. The summed E-state index contributed by atoms with van der Waals surface area (Å²) in [5, 5.41) is 5.80. The summed E-state index contributed by atoms with van der Waals surface area (Å²) in [6.45, 7) is 9.78.